The molecular formula is C19H28N4O2. The molecule has 0 spiro atoms. The molecule has 1 aromatic carbocycles. The number of anilines is 1. The Morgan fingerprint density at radius 2 is 2.00 bits per heavy atom. The average Bonchev–Trinajstić information content (AvgIpc) is 3.04. The van der Waals surface area contributed by atoms with Gasteiger partial charge >= 0.3 is 6.03 Å². The van der Waals surface area contributed by atoms with E-state index in [2.05, 4.69) is 16.0 Å². The highest BCUT2D eigenvalue weighted by atomic mass is 16.2. The van der Waals surface area contributed by atoms with Crippen LogP contribution in [0.15, 0.2) is 18.2 Å². The molecule has 3 amide bonds. The summed E-state index contributed by atoms with van der Waals surface area (Å²) in [4.78, 5) is 25.1. The maximum absolute atomic E-state index is 13.1. The van der Waals surface area contributed by atoms with Crippen LogP contribution >= 0.6 is 0 Å². The molecular weight excluding hydrogens is 316 g/mol. The van der Waals surface area contributed by atoms with Crippen molar-refractivity contribution in [2.45, 2.75) is 63.5 Å². The molecule has 0 aliphatic heterocycles. The van der Waals surface area contributed by atoms with E-state index in [1.165, 1.54) is 5.56 Å². The Morgan fingerprint density at radius 1 is 1.24 bits per heavy atom. The second kappa shape index (κ2) is 7.33. The van der Waals surface area contributed by atoms with E-state index in [9.17, 15) is 9.59 Å². The fourth-order valence-corrected chi connectivity index (χ4v) is 4.09. The number of nitrogens with two attached hydrogens (primary N) is 1. The molecule has 0 bridgehead atoms. The molecule has 1 aromatic rings. The molecule has 6 nitrogen and oxygen atoms in total. The molecule has 0 saturated heterocycles. The van der Waals surface area contributed by atoms with Crippen molar-refractivity contribution in [1.29, 1.82) is 0 Å². The van der Waals surface area contributed by atoms with E-state index >= 15 is 0 Å². The highest BCUT2D eigenvalue weighted by Crippen LogP contribution is 2.34. The van der Waals surface area contributed by atoms with E-state index in [0.29, 0.717) is 19.4 Å². The van der Waals surface area contributed by atoms with E-state index < -0.39 is 5.54 Å². The van der Waals surface area contributed by atoms with Gasteiger partial charge in [0.05, 0.1) is 6.04 Å². The highest BCUT2D eigenvalue weighted by Gasteiger charge is 2.43. The van der Waals surface area contributed by atoms with Crippen molar-refractivity contribution in [3.8, 4) is 0 Å². The fraction of sp³-hybridized carbons (Fsp3) is 0.579. The van der Waals surface area contributed by atoms with Crippen LogP contribution in [0.3, 0.4) is 0 Å². The fourth-order valence-electron chi connectivity index (χ4n) is 4.09. The number of aryl methyl sites for hydroxylation is 1. The van der Waals surface area contributed by atoms with Crippen molar-refractivity contribution in [1.82, 2.24) is 16.0 Å². The van der Waals surface area contributed by atoms with Crippen LogP contribution in [0.1, 0.15) is 62.6 Å². The van der Waals surface area contributed by atoms with Gasteiger partial charge in [-0.1, -0.05) is 18.9 Å². The number of hydrogen-bond donors (Lipinski definition) is 4. The summed E-state index contributed by atoms with van der Waals surface area (Å²) in [6, 6.07) is 5.64. The number of rotatable bonds is 4. The molecule has 0 heterocycles. The largest absolute Gasteiger partial charge is 0.399 e. The molecule has 1 unspecified atom stereocenters. The van der Waals surface area contributed by atoms with Crippen molar-refractivity contribution < 1.29 is 9.59 Å². The van der Waals surface area contributed by atoms with Crippen LogP contribution in [-0.4, -0.2) is 24.0 Å². The molecule has 136 valence electrons. The molecule has 1 saturated carbocycles. The number of nitrogens with one attached hydrogen (secondary N) is 3. The zero-order valence-corrected chi connectivity index (χ0v) is 14.9. The summed E-state index contributed by atoms with van der Waals surface area (Å²) in [6.07, 6.45) is 6.23. The minimum atomic E-state index is -0.787. The topological polar surface area (TPSA) is 96.2 Å². The lowest BCUT2D eigenvalue weighted by Crippen LogP contribution is -2.59. The van der Waals surface area contributed by atoms with E-state index in [1.54, 1.807) is 0 Å². The Hall–Kier alpha value is -2.24. The minimum Gasteiger partial charge on any atom is -0.399 e. The first-order valence-corrected chi connectivity index (χ1v) is 9.29. The summed E-state index contributed by atoms with van der Waals surface area (Å²) in [5, 5.41) is 8.87. The van der Waals surface area contributed by atoms with Crippen LogP contribution in [-0.2, 0) is 11.2 Å². The van der Waals surface area contributed by atoms with E-state index in [-0.39, 0.29) is 18.0 Å². The molecule has 1 atom stereocenters. The predicted molar refractivity (Wildman–Crippen MR) is 98.1 cm³/mol. The first-order chi connectivity index (χ1) is 12.0. The number of nitrogen functional groups attached to an aromatic ring is 1. The van der Waals surface area contributed by atoms with Gasteiger partial charge in [-0.05, 0) is 62.3 Å². The van der Waals surface area contributed by atoms with Crippen LogP contribution in [0.5, 0.6) is 0 Å². The molecule has 6 heteroatoms. The van der Waals surface area contributed by atoms with Crippen molar-refractivity contribution >= 4 is 17.6 Å². The molecule has 0 aromatic heterocycles. The number of hydrogen-bond acceptors (Lipinski definition) is 3. The molecule has 2 aliphatic carbocycles. The van der Waals surface area contributed by atoms with Gasteiger partial charge in [0.25, 0.3) is 0 Å². The van der Waals surface area contributed by atoms with Crippen LogP contribution < -0.4 is 21.7 Å². The number of amides is 3. The van der Waals surface area contributed by atoms with Crippen molar-refractivity contribution in [2.24, 2.45) is 0 Å². The number of carbonyl (C=O) groups is 2. The Balaban J connectivity index is 1.75. The molecule has 3 rings (SSSR count). The van der Waals surface area contributed by atoms with Gasteiger partial charge in [0.1, 0.15) is 5.54 Å². The summed E-state index contributed by atoms with van der Waals surface area (Å²) >= 11 is 0. The average molecular weight is 344 g/mol. The summed E-state index contributed by atoms with van der Waals surface area (Å²) in [7, 11) is 0. The second-order valence-electron chi connectivity index (χ2n) is 7.15. The number of benzene rings is 1. The quantitative estimate of drug-likeness (QED) is 0.632. The summed E-state index contributed by atoms with van der Waals surface area (Å²) in [6.45, 7) is 2.41. The Morgan fingerprint density at radius 3 is 2.72 bits per heavy atom. The van der Waals surface area contributed by atoms with Gasteiger partial charge < -0.3 is 21.7 Å². The van der Waals surface area contributed by atoms with E-state index in [4.69, 9.17) is 5.73 Å². The van der Waals surface area contributed by atoms with Gasteiger partial charge in [-0.15, -0.1) is 0 Å². The first-order valence-electron chi connectivity index (χ1n) is 9.29. The lowest BCUT2D eigenvalue weighted by Gasteiger charge is -2.33. The van der Waals surface area contributed by atoms with Gasteiger partial charge in [-0.25, -0.2) is 4.79 Å². The molecule has 0 radical (unpaired) electrons. The van der Waals surface area contributed by atoms with Gasteiger partial charge in [-0.3, -0.25) is 4.79 Å². The first kappa shape index (κ1) is 17.6. The normalized spacial score (nSPS) is 21.2. The van der Waals surface area contributed by atoms with Crippen LogP contribution in [0.25, 0.3) is 0 Å². The predicted octanol–water partition coefficient (Wildman–Crippen LogP) is 2.39. The monoisotopic (exact) mass is 344 g/mol. The highest BCUT2D eigenvalue weighted by molar-refractivity contribution is 5.91. The maximum atomic E-state index is 13.1. The lowest BCUT2D eigenvalue weighted by atomic mass is 9.86. The van der Waals surface area contributed by atoms with Crippen molar-refractivity contribution in [3.05, 3.63) is 29.3 Å². The molecule has 2 aliphatic rings. The number of fused-ring (bicyclic) bond motifs is 1. The Kier molecular flexibility index (Phi) is 5.16. The SMILES string of the molecule is CCNC(=O)NC1(C(=O)NC2CCCc3cc(N)ccc32)CCCC1. The molecule has 5 N–H and O–H groups in total. The standard InChI is InChI=1S/C19H28N4O2/c1-2-21-18(25)23-19(10-3-4-11-19)17(24)22-16-7-5-6-13-12-14(20)8-9-15(13)16/h8-9,12,16H,2-7,10-11,20H2,1H3,(H,22,24)(H2,21,23,25). The third-order valence-electron chi connectivity index (χ3n) is 5.37. The number of carbonyl (C=O) groups excluding carboxylic acids is 2. The van der Waals surface area contributed by atoms with E-state index in [0.717, 1.165) is 43.4 Å². The second-order valence-corrected chi connectivity index (χ2v) is 7.15. The van der Waals surface area contributed by atoms with Crippen molar-refractivity contribution in [3.63, 3.8) is 0 Å². The van der Waals surface area contributed by atoms with Gasteiger partial charge in [-0.2, -0.15) is 0 Å². The third kappa shape index (κ3) is 3.72. The van der Waals surface area contributed by atoms with Gasteiger partial charge in [0.2, 0.25) is 5.91 Å². The zero-order valence-electron chi connectivity index (χ0n) is 14.9. The molecule has 1 fully saturated rings. The van der Waals surface area contributed by atoms with Gasteiger partial charge in [0, 0.05) is 12.2 Å². The number of urea groups is 1. The van der Waals surface area contributed by atoms with Crippen LogP contribution in [0.2, 0.25) is 0 Å². The summed E-state index contributed by atoms with van der Waals surface area (Å²) in [5.74, 6) is -0.0640. The molecule has 25 heavy (non-hydrogen) atoms. The maximum Gasteiger partial charge on any atom is 0.315 e. The van der Waals surface area contributed by atoms with E-state index in [1.807, 2.05) is 25.1 Å². The Bertz CT molecular complexity index is 653. The summed E-state index contributed by atoms with van der Waals surface area (Å²) in [5.41, 5.74) is 8.23. The lowest BCUT2D eigenvalue weighted by molar-refractivity contribution is -0.128. The van der Waals surface area contributed by atoms with Crippen molar-refractivity contribution in [2.75, 3.05) is 12.3 Å². The zero-order chi connectivity index (χ0) is 17.9. The third-order valence-corrected chi connectivity index (χ3v) is 5.37. The van der Waals surface area contributed by atoms with Gasteiger partial charge in [0.15, 0.2) is 0 Å². The minimum absolute atomic E-state index is 0.00892. The van der Waals surface area contributed by atoms with Crippen LogP contribution in [0, 0.1) is 0 Å². The van der Waals surface area contributed by atoms with Crippen LogP contribution in [0.4, 0.5) is 10.5 Å². The smallest absolute Gasteiger partial charge is 0.315 e. The Labute approximate surface area is 148 Å². The summed E-state index contributed by atoms with van der Waals surface area (Å²) < 4.78 is 0.